The Morgan fingerprint density at radius 1 is 1.21 bits per heavy atom. The lowest BCUT2D eigenvalue weighted by molar-refractivity contribution is -0.108. The van der Waals surface area contributed by atoms with Gasteiger partial charge in [-0.2, -0.15) is 0 Å². The maximum absolute atomic E-state index is 10.3. The molecule has 106 valence electrons. The first-order valence-electron chi connectivity index (χ1n) is 6.85. The summed E-state index contributed by atoms with van der Waals surface area (Å²) in [5.41, 5.74) is 1.14. The second kappa shape index (κ2) is 8.70. The maximum atomic E-state index is 10.3. The van der Waals surface area contributed by atoms with Crippen LogP contribution in [0.2, 0.25) is 0 Å². The molecule has 0 radical (unpaired) electrons. The minimum atomic E-state index is 0.210. The van der Waals surface area contributed by atoms with E-state index in [2.05, 4.69) is 13.8 Å². The topological polar surface area (TPSA) is 35.5 Å². The van der Waals surface area contributed by atoms with E-state index >= 15 is 0 Å². The number of rotatable bonds is 9. The minimum absolute atomic E-state index is 0.210. The molecule has 0 aromatic heterocycles. The van der Waals surface area contributed by atoms with Crippen molar-refractivity contribution in [2.45, 2.75) is 45.8 Å². The molecule has 0 N–H and O–H groups in total. The highest BCUT2D eigenvalue weighted by Gasteiger charge is 2.13. The van der Waals surface area contributed by atoms with E-state index in [9.17, 15) is 4.79 Å². The molecular formula is C16H24O3. The third-order valence-electron chi connectivity index (χ3n) is 3.18. The Kier molecular flexibility index (Phi) is 7.19. The number of methoxy groups -OCH3 is 1. The third kappa shape index (κ3) is 5.88. The zero-order valence-electron chi connectivity index (χ0n) is 12.1. The van der Waals surface area contributed by atoms with E-state index in [1.54, 1.807) is 7.11 Å². The largest absolute Gasteiger partial charge is 0.497 e. The van der Waals surface area contributed by atoms with Crippen molar-refractivity contribution in [1.29, 1.82) is 0 Å². The summed E-state index contributed by atoms with van der Waals surface area (Å²) in [5, 5.41) is 0. The highest BCUT2D eigenvalue weighted by atomic mass is 16.5. The summed E-state index contributed by atoms with van der Waals surface area (Å²) in [7, 11) is 1.66. The molecule has 0 unspecified atom stereocenters. The van der Waals surface area contributed by atoms with E-state index in [4.69, 9.17) is 9.47 Å². The summed E-state index contributed by atoms with van der Waals surface area (Å²) in [6.45, 7) is 4.91. The zero-order valence-corrected chi connectivity index (χ0v) is 12.1. The fraction of sp³-hybridized carbons (Fsp3) is 0.562. The second-order valence-corrected chi connectivity index (χ2v) is 5.04. The van der Waals surface area contributed by atoms with Crippen LogP contribution in [-0.2, 0) is 16.1 Å². The Hall–Kier alpha value is -1.35. The van der Waals surface area contributed by atoms with Crippen LogP contribution in [0.5, 0.6) is 5.75 Å². The Balaban J connectivity index is 2.43. The molecule has 0 aliphatic heterocycles. The van der Waals surface area contributed by atoms with Gasteiger partial charge in [0.05, 0.1) is 19.8 Å². The van der Waals surface area contributed by atoms with Gasteiger partial charge >= 0.3 is 0 Å². The molecule has 3 nitrogen and oxygen atoms in total. The van der Waals surface area contributed by atoms with Crippen LogP contribution in [-0.4, -0.2) is 19.5 Å². The highest BCUT2D eigenvalue weighted by molar-refractivity contribution is 5.48. The van der Waals surface area contributed by atoms with Gasteiger partial charge in [0.1, 0.15) is 12.0 Å². The number of hydrogen-bond donors (Lipinski definition) is 0. The Bertz CT molecular complexity index is 357. The lowest BCUT2D eigenvalue weighted by Crippen LogP contribution is -2.19. The fourth-order valence-electron chi connectivity index (χ4n) is 1.94. The van der Waals surface area contributed by atoms with Crippen molar-refractivity contribution in [3.63, 3.8) is 0 Å². The molecule has 0 heterocycles. The van der Waals surface area contributed by atoms with Crippen molar-refractivity contribution < 1.29 is 14.3 Å². The maximum Gasteiger partial charge on any atom is 0.119 e. The molecule has 1 aromatic rings. The molecule has 0 bridgehead atoms. The zero-order chi connectivity index (χ0) is 14.1. The number of carbonyl (C=O) groups is 1. The van der Waals surface area contributed by atoms with Crippen molar-refractivity contribution >= 4 is 6.29 Å². The molecule has 1 aromatic carbocycles. The van der Waals surface area contributed by atoms with E-state index < -0.39 is 0 Å². The van der Waals surface area contributed by atoms with Crippen molar-refractivity contribution in [2.75, 3.05) is 7.11 Å². The van der Waals surface area contributed by atoms with Gasteiger partial charge in [-0.1, -0.05) is 26.0 Å². The van der Waals surface area contributed by atoms with Crippen molar-refractivity contribution in [3.05, 3.63) is 29.8 Å². The first-order valence-corrected chi connectivity index (χ1v) is 6.85. The molecule has 3 heteroatoms. The van der Waals surface area contributed by atoms with E-state index in [1.807, 2.05) is 24.3 Å². The molecule has 1 atom stereocenters. The van der Waals surface area contributed by atoms with Crippen LogP contribution in [0.1, 0.15) is 38.7 Å². The highest BCUT2D eigenvalue weighted by Crippen LogP contribution is 2.17. The van der Waals surface area contributed by atoms with E-state index in [-0.39, 0.29) is 6.10 Å². The van der Waals surface area contributed by atoms with Gasteiger partial charge in [-0.15, -0.1) is 0 Å². The van der Waals surface area contributed by atoms with Gasteiger partial charge in [0.15, 0.2) is 0 Å². The number of ether oxygens (including phenoxy) is 2. The van der Waals surface area contributed by atoms with Crippen LogP contribution >= 0.6 is 0 Å². The number of hydrogen-bond acceptors (Lipinski definition) is 3. The quantitative estimate of drug-likeness (QED) is 0.505. The van der Waals surface area contributed by atoms with E-state index in [0.717, 1.165) is 30.4 Å². The molecule has 0 saturated heterocycles. The van der Waals surface area contributed by atoms with Crippen LogP contribution in [0, 0.1) is 5.92 Å². The van der Waals surface area contributed by atoms with Crippen LogP contribution < -0.4 is 4.74 Å². The van der Waals surface area contributed by atoms with Crippen molar-refractivity contribution in [1.82, 2.24) is 0 Å². The van der Waals surface area contributed by atoms with Gasteiger partial charge in [-0.05, 0) is 36.5 Å². The first kappa shape index (κ1) is 15.7. The van der Waals surface area contributed by atoms with Gasteiger partial charge in [0, 0.05) is 6.42 Å². The number of aldehydes is 1. The normalized spacial score (nSPS) is 12.4. The summed E-state index contributed by atoms with van der Waals surface area (Å²) in [4.78, 5) is 10.3. The van der Waals surface area contributed by atoms with Crippen molar-refractivity contribution in [3.8, 4) is 5.75 Å². The molecule has 0 aliphatic carbocycles. The molecule has 0 amide bonds. The fourth-order valence-corrected chi connectivity index (χ4v) is 1.94. The monoisotopic (exact) mass is 264 g/mol. The van der Waals surface area contributed by atoms with Gasteiger partial charge in [0.25, 0.3) is 0 Å². The van der Waals surface area contributed by atoms with Gasteiger partial charge < -0.3 is 14.3 Å². The van der Waals surface area contributed by atoms with E-state index in [1.165, 1.54) is 0 Å². The molecule has 19 heavy (non-hydrogen) atoms. The van der Waals surface area contributed by atoms with Crippen molar-refractivity contribution in [2.24, 2.45) is 5.92 Å². The summed E-state index contributed by atoms with van der Waals surface area (Å²) >= 11 is 0. The van der Waals surface area contributed by atoms with Gasteiger partial charge in [0.2, 0.25) is 0 Å². The molecule has 0 aliphatic rings. The predicted octanol–water partition coefficient (Wildman–Crippen LogP) is 3.61. The Morgan fingerprint density at radius 2 is 1.89 bits per heavy atom. The van der Waals surface area contributed by atoms with Crippen LogP contribution in [0.25, 0.3) is 0 Å². The number of benzene rings is 1. The van der Waals surface area contributed by atoms with Gasteiger partial charge in [-0.3, -0.25) is 0 Å². The van der Waals surface area contributed by atoms with Crippen LogP contribution in [0.3, 0.4) is 0 Å². The SMILES string of the molecule is COc1ccc(CO[C@@H](CCCC=O)C(C)C)cc1. The number of unbranched alkanes of at least 4 members (excludes halogenated alkanes) is 1. The smallest absolute Gasteiger partial charge is 0.119 e. The summed E-state index contributed by atoms with van der Waals surface area (Å²) in [6, 6.07) is 7.91. The Labute approximate surface area is 115 Å². The third-order valence-corrected chi connectivity index (χ3v) is 3.18. The van der Waals surface area contributed by atoms with Gasteiger partial charge in [-0.25, -0.2) is 0 Å². The lowest BCUT2D eigenvalue weighted by Gasteiger charge is -2.21. The Morgan fingerprint density at radius 3 is 2.42 bits per heavy atom. The summed E-state index contributed by atoms with van der Waals surface area (Å²) in [5.74, 6) is 1.32. The molecule has 1 rings (SSSR count). The summed E-state index contributed by atoms with van der Waals surface area (Å²) < 4.78 is 11.1. The average molecular weight is 264 g/mol. The standard InChI is InChI=1S/C16H24O3/c1-13(2)16(6-4-5-11-17)19-12-14-7-9-15(18-3)10-8-14/h7-11,13,16H,4-6,12H2,1-3H3/t16-/m0/s1. The molecular weight excluding hydrogens is 240 g/mol. The van der Waals surface area contributed by atoms with Crippen LogP contribution in [0.15, 0.2) is 24.3 Å². The minimum Gasteiger partial charge on any atom is -0.497 e. The average Bonchev–Trinajstić information content (AvgIpc) is 2.43. The first-order chi connectivity index (χ1) is 9.17. The second-order valence-electron chi connectivity index (χ2n) is 5.04. The summed E-state index contributed by atoms with van der Waals surface area (Å²) in [6.07, 6.45) is 3.64. The lowest BCUT2D eigenvalue weighted by atomic mass is 10.0. The van der Waals surface area contributed by atoms with E-state index in [0.29, 0.717) is 18.9 Å². The molecule has 0 spiro atoms. The number of carbonyl (C=O) groups excluding carboxylic acids is 1. The molecule has 0 fully saturated rings. The molecule has 0 saturated carbocycles. The van der Waals surface area contributed by atoms with Crippen LogP contribution in [0.4, 0.5) is 0 Å². The predicted molar refractivity (Wildman–Crippen MR) is 76.3 cm³/mol.